The molecule has 0 spiro atoms. The van der Waals surface area contributed by atoms with Crippen LogP contribution in [0.1, 0.15) is 37.2 Å². The lowest BCUT2D eigenvalue weighted by molar-refractivity contribution is -0.139. The van der Waals surface area contributed by atoms with Gasteiger partial charge in [0, 0.05) is 6.07 Å². The number of benzene rings is 2. The van der Waals surface area contributed by atoms with E-state index in [4.69, 9.17) is 19.9 Å². The summed E-state index contributed by atoms with van der Waals surface area (Å²) in [5, 5.41) is 10.1. The van der Waals surface area contributed by atoms with Crippen molar-refractivity contribution in [3.05, 3.63) is 82.8 Å². The van der Waals surface area contributed by atoms with Crippen LogP contribution in [0.5, 0.6) is 5.75 Å². The zero-order valence-electron chi connectivity index (χ0n) is 19.7. The van der Waals surface area contributed by atoms with E-state index in [1.165, 1.54) is 19.1 Å². The highest BCUT2D eigenvalue weighted by molar-refractivity contribution is 6.06. The smallest absolute Gasteiger partial charge is 0.355 e. The summed E-state index contributed by atoms with van der Waals surface area (Å²) in [6.07, 6.45) is 4.32. The van der Waals surface area contributed by atoms with E-state index in [1.807, 2.05) is 12.1 Å². The van der Waals surface area contributed by atoms with Crippen LogP contribution in [0.25, 0.3) is 0 Å². The lowest BCUT2D eigenvalue weighted by Gasteiger charge is -2.36. The minimum atomic E-state index is -0.906. The fourth-order valence-electron chi connectivity index (χ4n) is 4.68. The number of nitrogens with two attached hydrogens (primary N) is 1. The zero-order valence-corrected chi connectivity index (χ0v) is 19.7. The topological polar surface area (TPSA) is 115 Å². The number of carbonyl (C=O) groups is 2. The molecule has 1 atom stereocenters. The van der Waals surface area contributed by atoms with Gasteiger partial charge < -0.3 is 19.9 Å². The van der Waals surface area contributed by atoms with Crippen molar-refractivity contribution in [3.63, 3.8) is 0 Å². The molecule has 0 saturated heterocycles. The quantitative estimate of drug-likeness (QED) is 0.628. The Labute approximate surface area is 204 Å². The van der Waals surface area contributed by atoms with Crippen molar-refractivity contribution >= 4 is 17.6 Å². The molecule has 0 radical (unpaired) electrons. The van der Waals surface area contributed by atoms with Gasteiger partial charge in [0.1, 0.15) is 17.3 Å². The average molecular weight is 474 g/mol. The number of esters is 2. The van der Waals surface area contributed by atoms with Gasteiger partial charge in [-0.3, -0.25) is 4.90 Å². The number of methoxy groups -OCH3 is 2. The first-order valence-electron chi connectivity index (χ1n) is 11.4. The second-order valence-corrected chi connectivity index (χ2v) is 8.36. The van der Waals surface area contributed by atoms with E-state index >= 15 is 0 Å². The Balaban J connectivity index is 1.92. The molecular formula is C27H27N3O5. The van der Waals surface area contributed by atoms with Gasteiger partial charge >= 0.3 is 11.9 Å². The van der Waals surface area contributed by atoms with Crippen molar-refractivity contribution in [2.45, 2.75) is 37.7 Å². The van der Waals surface area contributed by atoms with Crippen LogP contribution in [0.15, 0.2) is 77.3 Å². The predicted molar refractivity (Wildman–Crippen MR) is 129 cm³/mol. The van der Waals surface area contributed by atoms with Crippen LogP contribution in [-0.2, 0) is 19.1 Å². The Hall–Kier alpha value is -4.25. The van der Waals surface area contributed by atoms with E-state index in [9.17, 15) is 14.9 Å². The highest BCUT2D eigenvalue weighted by atomic mass is 16.5. The van der Waals surface area contributed by atoms with E-state index in [0.29, 0.717) is 17.0 Å². The number of nitrogens with zero attached hydrogens (tertiary/aromatic N) is 2. The van der Waals surface area contributed by atoms with Crippen LogP contribution in [0.2, 0.25) is 0 Å². The largest absolute Gasteiger partial charge is 0.490 e. The molecule has 1 heterocycles. The Morgan fingerprint density at radius 3 is 2.31 bits per heavy atom. The number of nitriles is 1. The molecule has 1 saturated carbocycles. The van der Waals surface area contributed by atoms with Gasteiger partial charge in [0.15, 0.2) is 0 Å². The Kier molecular flexibility index (Phi) is 7.06. The molecule has 1 aliphatic heterocycles. The molecule has 180 valence electrons. The molecule has 0 bridgehead atoms. The SMILES string of the molecule is COC(=O)C1=C(C(=O)OC)N(c2cccc(OC3CCCC3)c2)C(N)=C(C#N)C1c1ccccc1. The minimum Gasteiger partial charge on any atom is -0.490 e. The van der Waals surface area contributed by atoms with E-state index in [1.54, 1.807) is 42.5 Å². The Morgan fingerprint density at radius 1 is 1.00 bits per heavy atom. The first kappa shape index (κ1) is 23.9. The maximum atomic E-state index is 13.1. The van der Waals surface area contributed by atoms with Crippen LogP contribution in [0.4, 0.5) is 5.69 Å². The van der Waals surface area contributed by atoms with Gasteiger partial charge in [-0.15, -0.1) is 0 Å². The minimum absolute atomic E-state index is 0.0208. The number of carbonyl (C=O) groups excluding carboxylic acids is 2. The van der Waals surface area contributed by atoms with Crippen molar-refractivity contribution in [1.29, 1.82) is 5.26 Å². The molecule has 2 N–H and O–H groups in total. The molecule has 1 fully saturated rings. The van der Waals surface area contributed by atoms with E-state index in [-0.39, 0.29) is 28.8 Å². The van der Waals surface area contributed by atoms with Crippen LogP contribution in [0.3, 0.4) is 0 Å². The first-order chi connectivity index (χ1) is 17.0. The monoisotopic (exact) mass is 473 g/mol. The van der Waals surface area contributed by atoms with Gasteiger partial charge in [0.25, 0.3) is 0 Å². The maximum absolute atomic E-state index is 13.1. The third-order valence-electron chi connectivity index (χ3n) is 6.29. The fourth-order valence-corrected chi connectivity index (χ4v) is 4.68. The van der Waals surface area contributed by atoms with Crippen LogP contribution < -0.4 is 15.4 Å². The molecule has 1 aliphatic carbocycles. The fraction of sp³-hybridized carbons (Fsp3) is 0.296. The second kappa shape index (κ2) is 10.3. The first-order valence-corrected chi connectivity index (χ1v) is 11.4. The van der Waals surface area contributed by atoms with Crippen LogP contribution in [0, 0.1) is 11.3 Å². The molecule has 8 heteroatoms. The van der Waals surface area contributed by atoms with Gasteiger partial charge in [0.2, 0.25) is 0 Å². The second-order valence-electron chi connectivity index (χ2n) is 8.36. The van der Waals surface area contributed by atoms with Crippen molar-refractivity contribution in [3.8, 4) is 11.8 Å². The van der Waals surface area contributed by atoms with Crippen molar-refractivity contribution in [2.75, 3.05) is 19.1 Å². The summed E-state index contributed by atoms with van der Waals surface area (Å²) < 4.78 is 16.3. The van der Waals surface area contributed by atoms with E-state index < -0.39 is 17.9 Å². The molecule has 35 heavy (non-hydrogen) atoms. The van der Waals surface area contributed by atoms with Crippen molar-refractivity contribution < 1.29 is 23.8 Å². The predicted octanol–water partition coefficient (Wildman–Crippen LogP) is 3.91. The molecule has 0 aromatic heterocycles. The lowest BCUT2D eigenvalue weighted by atomic mass is 9.81. The van der Waals surface area contributed by atoms with Crippen LogP contribution in [-0.4, -0.2) is 32.3 Å². The molecule has 2 aliphatic rings. The number of hydrogen-bond donors (Lipinski definition) is 1. The normalized spacial score (nSPS) is 18.3. The molecule has 4 rings (SSSR count). The van der Waals surface area contributed by atoms with Gasteiger partial charge in [0.05, 0.1) is 49.1 Å². The number of anilines is 1. The van der Waals surface area contributed by atoms with Crippen LogP contribution >= 0.6 is 0 Å². The number of hydrogen-bond acceptors (Lipinski definition) is 8. The molecule has 8 nitrogen and oxygen atoms in total. The number of ether oxygens (including phenoxy) is 3. The summed E-state index contributed by atoms with van der Waals surface area (Å²) in [4.78, 5) is 27.6. The number of rotatable bonds is 6. The number of allylic oxidation sites excluding steroid dienone is 1. The standard InChI is InChI=1S/C27H27N3O5/c1-33-26(31)23-22(17-9-4-3-5-10-17)21(16-28)25(29)30(24(23)27(32)34-2)18-11-8-14-20(15-18)35-19-12-6-7-13-19/h3-5,8-11,14-15,19,22H,6-7,12-13,29H2,1-2H3. The average Bonchev–Trinajstić information content (AvgIpc) is 3.40. The Bertz CT molecular complexity index is 1220. The lowest BCUT2D eigenvalue weighted by Crippen LogP contribution is -2.40. The van der Waals surface area contributed by atoms with Gasteiger partial charge in [-0.2, -0.15) is 5.26 Å². The van der Waals surface area contributed by atoms with Crippen molar-refractivity contribution in [2.24, 2.45) is 5.73 Å². The summed E-state index contributed by atoms with van der Waals surface area (Å²) in [6, 6.07) is 18.1. The van der Waals surface area contributed by atoms with Gasteiger partial charge in [-0.05, 0) is 43.4 Å². The van der Waals surface area contributed by atoms with Gasteiger partial charge in [-0.25, -0.2) is 9.59 Å². The summed E-state index contributed by atoms with van der Waals surface area (Å²) >= 11 is 0. The molecule has 2 aromatic rings. The van der Waals surface area contributed by atoms with E-state index in [0.717, 1.165) is 25.7 Å². The molecule has 1 unspecified atom stereocenters. The zero-order chi connectivity index (χ0) is 24.9. The Morgan fingerprint density at radius 2 is 1.69 bits per heavy atom. The summed E-state index contributed by atoms with van der Waals surface area (Å²) in [5.74, 6) is -1.82. The highest BCUT2D eigenvalue weighted by Gasteiger charge is 2.43. The molecule has 2 aromatic carbocycles. The molecule has 0 amide bonds. The highest BCUT2D eigenvalue weighted by Crippen LogP contribution is 2.43. The third-order valence-corrected chi connectivity index (χ3v) is 6.29. The third kappa shape index (κ3) is 4.58. The summed E-state index contributed by atoms with van der Waals surface area (Å²) in [7, 11) is 2.44. The maximum Gasteiger partial charge on any atom is 0.355 e. The summed E-state index contributed by atoms with van der Waals surface area (Å²) in [6.45, 7) is 0. The van der Waals surface area contributed by atoms with E-state index in [2.05, 4.69) is 6.07 Å². The molecular weight excluding hydrogens is 446 g/mol. The van der Waals surface area contributed by atoms with Crippen molar-refractivity contribution in [1.82, 2.24) is 0 Å². The van der Waals surface area contributed by atoms with Gasteiger partial charge in [-0.1, -0.05) is 36.4 Å². The summed E-state index contributed by atoms with van der Waals surface area (Å²) in [5.41, 5.74) is 7.60.